The second kappa shape index (κ2) is 6.43. The molecule has 1 heterocycles. The number of pyridine rings is 1. The van der Waals surface area contributed by atoms with Crippen LogP contribution in [0.4, 0.5) is 17.2 Å². The number of halogens is 1. The number of carbonyl (C=O) groups excluding carboxylic acids is 1. The molecule has 7 nitrogen and oxygen atoms in total. The van der Waals surface area contributed by atoms with E-state index in [1.165, 1.54) is 48.4 Å². The standard InChI is InChI=1S/C14H12ClN3O4S/c1-9(19)18(14-7-10(17-20)5-6-16-14)11-3-4-13(12(15)8-11)23(2,21)22/h3-8H,1-2H3. The third kappa shape index (κ3) is 3.72. The van der Waals surface area contributed by atoms with Crippen molar-refractivity contribution in [2.24, 2.45) is 5.18 Å². The minimum atomic E-state index is -3.48. The maximum atomic E-state index is 12.0. The zero-order valence-electron chi connectivity index (χ0n) is 12.2. The number of aromatic nitrogens is 1. The second-order valence-corrected chi connectivity index (χ2v) is 7.10. The fourth-order valence-corrected chi connectivity index (χ4v) is 3.32. The van der Waals surface area contributed by atoms with Crippen LogP contribution in [-0.4, -0.2) is 25.6 Å². The van der Waals surface area contributed by atoms with Crippen molar-refractivity contribution in [3.63, 3.8) is 0 Å². The topological polar surface area (TPSA) is 96.8 Å². The van der Waals surface area contributed by atoms with Gasteiger partial charge < -0.3 is 0 Å². The maximum Gasteiger partial charge on any atom is 0.229 e. The van der Waals surface area contributed by atoms with Gasteiger partial charge in [-0.2, -0.15) is 0 Å². The summed E-state index contributed by atoms with van der Waals surface area (Å²) in [6, 6.07) is 6.83. The first-order valence-corrected chi connectivity index (χ1v) is 8.60. The van der Waals surface area contributed by atoms with E-state index in [9.17, 15) is 18.1 Å². The van der Waals surface area contributed by atoms with E-state index in [1.54, 1.807) is 0 Å². The summed E-state index contributed by atoms with van der Waals surface area (Å²) >= 11 is 6.00. The number of hydrogen-bond acceptors (Lipinski definition) is 6. The van der Waals surface area contributed by atoms with Crippen LogP contribution < -0.4 is 4.90 Å². The molecule has 1 aromatic carbocycles. The Labute approximate surface area is 137 Å². The first-order chi connectivity index (χ1) is 10.7. The van der Waals surface area contributed by atoms with Crippen LogP contribution in [-0.2, 0) is 14.6 Å². The zero-order valence-corrected chi connectivity index (χ0v) is 13.8. The predicted octanol–water partition coefficient (Wildman–Crippen LogP) is 3.22. The van der Waals surface area contributed by atoms with Crippen LogP contribution in [0.25, 0.3) is 0 Å². The van der Waals surface area contributed by atoms with Crippen LogP contribution >= 0.6 is 11.6 Å². The van der Waals surface area contributed by atoms with E-state index in [0.717, 1.165) is 6.26 Å². The number of nitrogens with zero attached hydrogens (tertiary/aromatic N) is 3. The molecule has 2 rings (SSSR count). The molecule has 1 aromatic heterocycles. The third-order valence-corrected chi connectivity index (χ3v) is 4.53. The van der Waals surface area contributed by atoms with E-state index < -0.39 is 9.84 Å². The molecule has 120 valence electrons. The Morgan fingerprint density at radius 3 is 2.48 bits per heavy atom. The highest BCUT2D eigenvalue weighted by atomic mass is 35.5. The summed E-state index contributed by atoms with van der Waals surface area (Å²) in [7, 11) is -3.48. The molecule has 9 heteroatoms. The molecule has 0 bridgehead atoms. The van der Waals surface area contributed by atoms with Crippen LogP contribution in [0.5, 0.6) is 0 Å². The highest BCUT2D eigenvalue weighted by Crippen LogP contribution is 2.31. The molecule has 0 N–H and O–H groups in total. The molecule has 1 amide bonds. The first kappa shape index (κ1) is 17.0. The van der Waals surface area contributed by atoms with Gasteiger partial charge in [0, 0.05) is 25.4 Å². The number of hydrogen-bond donors (Lipinski definition) is 0. The third-order valence-electron chi connectivity index (χ3n) is 2.95. The summed E-state index contributed by atoms with van der Waals surface area (Å²) in [4.78, 5) is 27.8. The fraction of sp³-hybridized carbons (Fsp3) is 0.143. The number of rotatable bonds is 4. The van der Waals surface area contributed by atoms with E-state index in [0.29, 0.717) is 5.69 Å². The van der Waals surface area contributed by atoms with Gasteiger partial charge in [-0.1, -0.05) is 11.6 Å². The summed E-state index contributed by atoms with van der Waals surface area (Å²) in [6.45, 7) is 1.31. The second-order valence-electron chi connectivity index (χ2n) is 4.70. The van der Waals surface area contributed by atoms with Gasteiger partial charge in [-0.3, -0.25) is 9.69 Å². The van der Waals surface area contributed by atoms with Crippen molar-refractivity contribution in [2.75, 3.05) is 11.2 Å². The van der Waals surface area contributed by atoms with Gasteiger partial charge in [-0.15, -0.1) is 4.91 Å². The molecular formula is C14H12ClN3O4S. The lowest BCUT2D eigenvalue weighted by Gasteiger charge is -2.21. The van der Waals surface area contributed by atoms with E-state index >= 15 is 0 Å². The van der Waals surface area contributed by atoms with Crippen LogP contribution in [0.3, 0.4) is 0 Å². The molecule has 0 saturated heterocycles. The van der Waals surface area contributed by atoms with Crippen molar-refractivity contribution in [1.82, 2.24) is 4.98 Å². The van der Waals surface area contributed by atoms with Gasteiger partial charge in [0.2, 0.25) is 5.91 Å². The van der Waals surface area contributed by atoms with E-state index in [-0.39, 0.29) is 27.3 Å². The Morgan fingerprint density at radius 1 is 1.26 bits per heavy atom. The fourth-order valence-electron chi connectivity index (χ4n) is 1.99. The van der Waals surface area contributed by atoms with Gasteiger partial charge in [-0.25, -0.2) is 13.4 Å². The summed E-state index contributed by atoms with van der Waals surface area (Å²) in [5, 5.41) is 2.78. The summed E-state index contributed by atoms with van der Waals surface area (Å²) in [6.07, 6.45) is 2.38. The molecular weight excluding hydrogens is 342 g/mol. The van der Waals surface area contributed by atoms with Crippen molar-refractivity contribution < 1.29 is 13.2 Å². The molecule has 0 aliphatic carbocycles. The number of carbonyl (C=O) groups is 1. The molecule has 0 aliphatic rings. The van der Waals surface area contributed by atoms with Gasteiger partial charge in [0.25, 0.3) is 0 Å². The molecule has 0 unspecified atom stereocenters. The van der Waals surface area contributed by atoms with Crippen molar-refractivity contribution in [1.29, 1.82) is 0 Å². The van der Waals surface area contributed by atoms with Gasteiger partial charge in [0.05, 0.1) is 15.6 Å². The Kier molecular flexibility index (Phi) is 4.76. The van der Waals surface area contributed by atoms with Crippen LogP contribution in [0, 0.1) is 4.91 Å². The molecule has 0 spiro atoms. The molecule has 0 fully saturated rings. The zero-order chi connectivity index (χ0) is 17.2. The van der Waals surface area contributed by atoms with E-state index in [2.05, 4.69) is 10.2 Å². The Hall–Kier alpha value is -2.32. The van der Waals surface area contributed by atoms with Crippen molar-refractivity contribution in [3.05, 3.63) is 46.5 Å². The summed E-state index contributed by atoms with van der Waals surface area (Å²) in [5.41, 5.74) is 0.436. The SMILES string of the molecule is CC(=O)N(c1ccc(S(C)(=O)=O)c(Cl)c1)c1cc(N=O)ccn1. The smallest absolute Gasteiger partial charge is 0.229 e. The van der Waals surface area contributed by atoms with Crippen molar-refractivity contribution in [3.8, 4) is 0 Å². The number of sulfone groups is 1. The Balaban J connectivity index is 2.57. The molecule has 23 heavy (non-hydrogen) atoms. The van der Waals surface area contributed by atoms with Crippen LogP contribution in [0.2, 0.25) is 5.02 Å². The molecule has 2 aromatic rings. The lowest BCUT2D eigenvalue weighted by Crippen LogP contribution is -2.23. The molecule has 0 atom stereocenters. The number of amides is 1. The van der Waals surface area contributed by atoms with Gasteiger partial charge >= 0.3 is 0 Å². The Bertz CT molecular complexity index is 883. The normalized spacial score (nSPS) is 11.1. The average molecular weight is 354 g/mol. The molecule has 0 aliphatic heterocycles. The van der Waals surface area contributed by atoms with Gasteiger partial charge in [0.15, 0.2) is 9.84 Å². The number of anilines is 2. The minimum absolute atomic E-state index is 0.0130. The van der Waals surface area contributed by atoms with E-state index in [1.807, 2.05) is 0 Å². The molecule has 0 radical (unpaired) electrons. The quantitative estimate of drug-likeness (QED) is 0.786. The van der Waals surface area contributed by atoms with Crippen LogP contribution in [0.1, 0.15) is 6.92 Å². The Morgan fingerprint density at radius 2 is 1.96 bits per heavy atom. The van der Waals surface area contributed by atoms with Crippen molar-refractivity contribution in [2.45, 2.75) is 11.8 Å². The largest absolute Gasteiger partial charge is 0.274 e. The van der Waals surface area contributed by atoms with Gasteiger partial charge in [-0.05, 0) is 29.4 Å². The minimum Gasteiger partial charge on any atom is -0.274 e. The highest BCUT2D eigenvalue weighted by Gasteiger charge is 2.19. The predicted molar refractivity (Wildman–Crippen MR) is 87.1 cm³/mol. The van der Waals surface area contributed by atoms with E-state index in [4.69, 9.17) is 11.6 Å². The monoisotopic (exact) mass is 353 g/mol. The number of benzene rings is 1. The maximum absolute atomic E-state index is 12.0. The summed E-state index contributed by atoms with van der Waals surface area (Å²) < 4.78 is 23.2. The van der Waals surface area contributed by atoms with Gasteiger partial charge in [0.1, 0.15) is 11.5 Å². The molecule has 0 saturated carbocycles. The highest BCUT2D eigenvalue weighted by molar-refractivity contribution is 7.90. The lowest BCUT2D eigenvalue weighted by atomic mass is 10.2. The van der Waals surface area contributed by atoms with Crippen molar-refractivity contribution >= 4 is 44.5 Å². The number of nitroso groups, excluding NO2 is 1. The summed E-state index contributed by atoms with van der Waals surface area (Å²) in [5.74, 6) is -0.207. The lowest BCUT2D eigenvalue weighted by molar-refractivity contribution is -0.115. The average Bonchev–Trinajstić information content (AvgIpc) is 2.46. The first-order valence-electron chi connectivity index (χ1n) is 6.34. The van der Waals surface area contributed by atoms with Crippen LogP contribution in [0.15, 0.2) is 46.6 Å².